The number of carbonyl (C=O) groups excluding carboxylic acids is 1. The maximum absolute atomic E-state index is 12.1. The molecule has 1 aromatic carbocycles. The van der Waals surface area contributed by atoms with E-state index < -0.39 is 0 Å². The van der Waals surface area contributed by atoms with E-state index in [1.165, 1.54) is 11.5 Å². The Hall–Kier alpha value is -2.98. The van der Waals surface area contributed by atoms with Crippen molar-refractivity contribution in [3.05, 3.63) is 36.2 Å². The number of fused-ring (bicyclic) bond motifs is 1. The molecule has 25 heavy (non-hydrogen) atoms. The van der Waals surface area contributed by atoms with Crippen LogP contribution in [-0.4, -0.2) is 15.3 Å². The highest BCUT2D eigenvalue weighted by Crippen LogP contribution is 2.39. The van der Waals surface area contributed by atoms with E-state index in [-0.39, 0.29) is 17.7 Å². The normalized spacial score (nSPS) is 18.7. The van der Waals surface area contributed by atoms with E-state index in [9.17, 15) is 4.79 Å². The summed E-state index contributed by atoms with van der Waals surface area (Å²) in [5.41, 5.74) is 8.92. The largest absolute Gasteiger partial charge is 0.398 e. The van der Waals surface area contributed by atoms with Crippen molar-refractivity contribution in [3.8, 4) is 16.5 Å². The summed E-state index contributed by atoms with van der Waals surface area (Å²) < 4.78 is 4.21. The molecule has 3 aromatic rings. The van der Waals surface area contributed by atoms with E-state index >= 15 is 0 Å². The molecule has 6 nitrogen and oxygen atoms in total. The number of nitriles is 1. The topological polar surface area (TPSA) is 105 Å². The molecule has 0 radical (unpaired) electrons. The van der Waals surface area contributed by atoms with Crippen LogP contribution < -0.4 is 11.1 Å². The van der Waals surface area contributed by atoms with Gasteiger partial charge in [-0.05, 0) is 59.6 Å². The average Bonchev–Trinajstić information content (AvgIpc) is 3.27. The van der Waals surface area contributed by atoms with Crippen LogP contribution in [0.3, 0.4) is 0 Å². The minimum Gasteiger partial charge on any atom is -0.398 e. The predicted molar refractivity (Wildman–Crippen MR) is 97.8 cm³/mol. The molecule has 3 N–H and O–H groups in total. The molecule has 0 bridgehead atoms. The lowest BCUT2D eigenvalue weighted by molar-refractivity contribution is -0.117. The van der Waals surface area contributed by atoms with Gasteiger partial charge in [0.1, 0.15) is 5.82 Å². The first-order chi connectivity index (χ1) is 12.1. The maximum atomic E-state index is 12.1. The highest BCUT2D eigenvalue weighted by Gasteiger charge is 2.43. The molecule has 0 spiro atoms. The lowest BCUT2D eigenvalue weighted by atomic mass is 10.0. The molecular weight excluding hydrogens is 334 g/mol. The monoisotopic (exact) mass is 349 g/mol. The van der Waals surface area contributed by atoms with Crippen LogP contribution in [0.2, 0.25) is 0 Å². The van der Waals surface area contributed by atoms with Gasteiger partial charge in [0.2, 0.25) is 5.91 Å². The van der Waals surface area contributed by atoms with Crippen molar-refractivity contribution in [2.45, 2.75) is 13.3 Å². The highest BCUT2D eigenvalue weighted by atomic mass is 32.1. The zero-order valence-corrected chi connectivity index (χ0v) is 14.3. The Morgan fingerprint density at radius 1 is 1.40 bits per heavy atom. The van der Waals surface area contributed by atoms with Crippen molar-refractivity contribution in [3.63, 3.8) is 0 Å². The van der Waals surface area contributed by atoms with Crippen molar-refractivity contribution in [2.75, 3.05) is 11.1 Å². The van der Waals surface area contributed by atoms with Gasteiger partial charge < -0.3 is 11.1 Å². The van der Waals surface area contributed by atoms with Gasteiger partial charge in [-0.15, -0.1) is 0 Å². The molecule has 4 rings (SSSR count). The summed E-state index contributed by atoms with van der Waals surface area (Å²) in [4.78, 5) is 17.5. The van der Waals surface area contributed by atoms with Crippen molar-refractivity contribution in [1.29, 1.82) is 5.26 Å². The van der Waals surface area contributed by atoms with Crippen LogP contribution in [0.15, 0.2) is 30.6 Å². The molecule has 2 heterocycles. The molecule has 1 amide bonds. The van der Waals surface area contributed by atoms with Crippen molar-refractivity contribution in [2.24, 2.45) is 11.8 Å². The molecule has 1 fully saturated rings. The number of aryl methyl sites for hydroxylation is 1. The lowest BCUT2D eigenvalue weighted by Crippen LogP contribution is -2.15. The number of amides is 1. The summed E-state index contributed by atoms with van der Waals surface area (Å²) in [5, 5.41) is 13.4. The van der Waals surface area contributed by atoms with Crippen LogP contribution in [0.1, 0.15) is 12.0 Å². The van der Waals surface area contributed by atoms with Crippen LogP contribution in [-0.2, 0) is 4.79 Å². The molecule has 0 saturated heterocycles. The van der Waals surface area contributed by atoms with E-state index in [0.29, 0.717) is 17.9 Å². The smallest absolute Gasteiger partial charge is 0.230 e. The number of aromatic nitrogens is 2. The summed E-state index contributed by atoms with van der Waals surface area (Å²) in [5.74, 6) is -0.0738. The fraction of sp³-hybridized carbons (Fsp3) is 0.222. The van der Waals surface area contributed by atoms with E-state index in [1.807, 2.05) is 31.3 Å². The zero-order valence-electron chi connectivity index (χ0n) is 13.5. The van der Waals surface area contributed by atoms with Gasteiger partial charge in [-0.1, -0.05) is 0 Å². The minimum atomic E-state index is -0.223. The van der Waals surface area contributed by atoms with Crippen LogP contribution in [0.25, 0.3) is 21.2 Å². The molecule has 0 aliphatic heterocycles. The Morgan fingerprint density at radius 3 is 2.92 bits per heavy atom. The molecular formula is C18H15N5OS. The summed E-state index contributed by atoms with van der Waals surface area (Å²) in [6.07, 6.45) is 4.12. The molecule has 124 valence electrons. The number of benzene rings is 1. The fourth-order valence-electron chi connectivity index (χ4n) is 2.90. The van der Waals surface area contributed by atoms with Gasteiger partial charge in [-0.25, -0.2) is 9.36 Å². The molecule has 1 aliphatic rings. The standard InChI is InChI=1S/C18H15N5OS/c1-9-7-22-25-17(9)11-2-10-5-16(21-8-14(10)15(20)4-11)23-18(24)13-3-12(13)6-19/h2,4-5,7-8,12-13H,3,20H2,1H3,(H,21,23,24)/t12-,13+/m0/s1. The summed E-state index contributed by atoms with van der Waals surface area (Å²) in [6.45, 7) is 2.01. The van der Waals surface area contributed by atoms with Crippen LogP contribution in [0.4, 0.5) is 11.5 Å². The molecule has 1 aliphatic carbocycles. The molecule has 2 aromatic heterocycles. The van der Waals surface area contributed by atoms with E-state index in [2.05, 4.69) is 20.7 Å². The Labute approximate surface area is 148 Å². The molecule has 0 unspecified atom stereocenters. The average molecular weight is 349 g/mol. The Balaban J connectivity index is 1.68. The van der Waals surface area contributed by atoms with Crippen LogP contribution >= 0.6 is 11.5 Å². The number of anilines is 2. The van der Waals surface area contributed by atoms with Crippen molar-refractivity contribution >= 4 is 39.7 Å². The number of pyridine rings is 1. The van der Waals surface area contributed by atoms with E-state index in [1.54, 1.807) is 6.20 Å². The first-order valence-electron chi connectivity index (χ1n) is 7.88. The maximum Gasteiger partial charge on any atom is 0.230 e. The van der Waals surface area contributed by atoms with Gasteiger partial charge in [0.25, 0.3) is 0 Å². The lowest BCUT2D eigenvalue weighted by Gasteiger charge is -2.09. The second-order valence-corrected chi connectivity index (χ2v) is 7.06. The number of nitrogens with one attached hydrogen (secondary N) is 1. The summed E-state index contributed by atoms with van der Waals surface area (Å²) >= 11 is 1.43. The molecule has 1 saturated carbocycles. The Morgan fingerprint density at radius 2 is 2.24 bits per heavy atom. The SMILES string of the molecule is Cc1cnsc1-c1cc(N)c2cnc(NC(=O)[C@@H]3C[C@H]3C#N)cc2c1. The number of nitrogens with zero attached hydrogens (tertiary/aromatic N) is 3. The van der Waals surface area contributed by atoms with Crippen LogP contribution in [0, 0.1) is 30.1 Å². The van der Waals surface area contributed by atoms with Gasteiger partial charge >= 0.3 is 0 Å². The van der Waals surface area contributed by atoms with Gasteiger partial charge in [0.15, 0.2) is 0 Å². The number of hydrogen-bond donors (Lipinski definition) is 2. The predicted octanol–water partition coefficient (Wildman–Crippen LogP) is 3.35. The fourth-order valence-corrected chi connectivity index (χ4v) is 3.64. The van der Waals surface area contributed by atoms with Crippen molar-refractivity contribution < 1.29 is 4.79 Å². The molecule has 7 heteroatoms. The number of hydrogen-bond acceptors (Lipinski definition) is 6. The highest BCUT2D eigenvalue weighted by molar-refractivity contribution is 7.09. The number of nitrogen functional groups attached to an aromatic ring is 1. The first-order valence-corrected chi connectivity index (χ1v) is 8.65. The van der Waals surface area contributed by atoms with E-state index in [4.69, 9.17) is 11.0 Å². The van der Waals surface area contributed by atoms with Gasteiger partial charge in [-0.3, -0.25) is 4.79 Å². The third-order valence-corrected chi connectivity index (χ3v) is 5.38. The molecule has 2 atom stereocenters. The Bertz CT molecular complexity index is 1040. The minimum absolute atomic E-state index is 0.152. The Kier molecular flexibility index (Phi) is 3.62. The van der Waals surface area contributed by atoms with Gasteiger partial charge in [-0.2, -0.15) is 5.26 Å². The van der Waals surface area contributed by atoms with Gasteiger partial charge in [0.05, 0.1) is 22.8 Å². The number of rotatable bonds is 3. The van der Waals surface area contributed by atoms with Crippen LogP contribution in [0.5, 0.6) is 0 Å². The second-order valence-electron chi connectivity index (χ2n) is 6.26. The van der Waals surface area contributed by atoms with E-state index in [0.717, 1.165) is 26.8 Å². The first kappa shape index (κ1) is 15.5. The third-order valence-electron chi connectivity index (χ3n) is 4.42. The number of nitrogens with two attached hydrogens (primary N) is 1. The quantitative estimate of drug-likeness (QED) is 0.706. The van der Waals surface area contributed by atoms with Crippen molar-refractivity contribution in [1.82, 2.24) is 9.36 Å². The second kappa shape index (κ2) is 5.83. The summed E-state index contributed by atoms with van der Waals surface area (Å²) in [7, 11) is 0. The van der Waals surface area contributed by atoms with Gasteiger partial charge in [0, 0.05) is 23.5 Å². The number of carbonyl (C=O) groups is 1. The summed E-state index contributed by atoms with van der Waals surface area (Å²) in [6, 6.07) is 7.88. The zero-order chi connectivity index (χ0) is 17.6. The third kappa shape index (κ3) is 2.81.